The maximum atomic E-state index is 13.1. The number of hydrogen-bond acceptors (Lipinski definition) is 6. The molecule has 1 unspecified atom stereocenters. The van der Waals surface area contributed by atoms with E-state index in [4.69, 9.17) is 4.74 Å². The van der Waals surface area contributed by atoms with Crippen molar-refractivity contribution in [3.8, 4) is 5.75 Å². The average Bonchev–Trinajstić information content (AvgIpc) is 3.25. The van der Waals surface area contributed by atoms with Crippen LogP contribution in [0.2, 0.25) is 0 Å². The predicted molar refractivity (Wildman–Crippen MR) is 137 cm³/mol. The van der Waals surface area contributed by atoms with Crippen LogP contribution in [0.4, 0.5) is 0 Å². The Kier molecular flexibility index (Phi) is 8.00. The maximum absolute atomic E-state index is 13.1. The number of hydrogen-bond donors (Lipinski definition) is 1. The molecule has 34 heavy (non-hydrogen) atoms. The maximum Gasteiger partial charge on any atom is 0.262 e. The number of carbonyl (C=O) groups is 1. The SMILES string of the molecule is CCN(CC)C(CNC(=O)CCn1cnc2sc3c(c2c1=O)CCCC3)c1cccc(OC)c1. The van der Waals surface area contributed by atoms with Crippen LogP contribution < -0.4 is 15.6 Å². The molecule has 0 saturated heterocycles. The van der Waals surface area contributed by atoms with Crippen molar-refractivity contribution in [1.82, 2.24) is 19.8 Å². The lowest BCUT2D eigenvalue weighted by molar-refractivity contribution is -0.121. The predicted octanol–water partition coefficient (Wildman–Crippen LogP) is 3.93. The standard InChI is InChI=1S/C26H34N4O3S/c1-4-29(5-2)21(18-9-8-10-19(15-18)33-3)16-27-23(31)13-14-30-17-28-25-24(26(30)32)20-11-6-7-12-22(20)34-25/h8-10,15,17,21H,4-7,11-14,16H2,1-3H3,(H,27,31). The molecule has 0 saturated carbocycles. The summed E-state index contributed by atoms with van der Waals surface area (Å²) in [6, 6.07) is 8.04. The van der Waals surface area contributed by atoms with Crippen molar-refractivity contribution in [2.75, 3.05) is 26.7 Å². The molecule has 8 heteroatoms. The lowest BCUT2D eigenvalue weighted by Gasteiger charge is -2.30. The van der Waals surface area contributed by atoms with Gasteiger partial charge in [0, 0.05) is 24.4 Å². The highest BCUT2D eigenvalue weighted by Crippen LogP contribution is 2.33. The number of likely N-dealkylation sites (N-methyl/N-ethyl adjacent to an activating group) is 1. The van der Waals surface area contributed by atoms with Gasteiger partial charge in [0.05, 0.1) is 24.9 Å². The molecule has 1 aliphatic carbocycles. The van der Waals surface area contributed by atoms with Crippen molar-refractivity contribution in [2.24, 2.45) is 0 Å². The molecule has 0 aliphatic heterocycles. The van der Waals surface area contributed by atoms with Gasteiger partial charge >= 0.3 is 0 Å². The molecule has 182 valence electrons. The van der Waals surface area contributed by atoms with E-state index in [1.807, 2.05) is 18.2 Å². The van der Waals surface area contributed by atoms with Crippen molar-refractivity contribution in [3.63, 3.8) is 0 Å². The van der Waals surface area contributed by atoms with Crippen LogP contribution in [-0.4, -0.2) is 47.1 Å². The van der Waals surface area contributed by atoms with Crippen LogP contribution in [0.25, 0.3) is 10.2 Å². The van der Waals surface area contributed by atoms with E-state index in [9.17, 15) is 9.59 Å². The van der Waals surface area contributed by atoms with Gasteiger partial charge in [-0.3, -0.25) is 19.1 Å². The van der Waals surface area contributed by atoms with E-state index in [-0.39, 0.29) is 23.9 Å². The van der Waals surface area contributed by atoms with Gasteiger partial charge in [-0.2, -0.15) is 0 Å². The second-order valence-corrected chi connectivity index (χ2v) is 9.79. The number of ether oxygens (including phenoxy) is 1. The number of fused-ring (bicyclic) bond motifs is 3. The monoisotopic (exact) mass is 482 g/mol. The molecule has 2 heterocycles. The van der Waals surface area contributed by atoms with Gasteiger partial charge < -0.3 is 10.1 Å². The fourth-order valence-electron chi connectivity index (χ4n) is 4.83. The third-order valence-electron chi connectivity index (χ3n) is 6.75. The van der Waals surface area contributed by atoms with Gasteiger partial charge in [-0.25, -0.2) is 4.98 Å². The van der Waals surface area contributed by atoms with E-state index < -0.39 is 0 Å². The molecule has 7 nitrogen and oxygen atoms in total. The van der Waals surface area contributed by atoms with Crippen molar-refractivity contribution in [1.29, 1.82) is 0 Å². The van der Waals surface area contributed by atoms with Crippen LogP contribution in [0.1, 0.15) is 55.2 Å². The van der Waals surface area contributed by atoms with E-state index in [0.29, 0.717) is 13.1 Å². The van der Waals surface area contributed by atoms with Gasteiger partial charge in [0.1, 0.15) is 10.6 Å². The first-order valence-electron chi connectivity index (χ1n) is 12.2. The summed E-state index contributed by atoms with van der Waals surface area (Å²) < 4.78 is 6.98. The third kappa shape index (κ3) is 5.18. The Morgan fingerprint density at radius 1 is 1.26 bits per heavy atom. The van der Waals surface area contributed by atoms with E-state index in [1.54, 1.807) is 29.3 Å². The van der Waals surface area contributed by atoms with Crippen LogP contribution in [0, 0.1) is 0 Å². The summed E-state index contributed by atoms with van der Waals surface area (Å²) >= 11 is 1.65. The summed E-state index contributed by atoms with van der Waals surface area (Å²) in [4.78, 5) is 34.9. The molecule has 0 radical (unpaired) electrons. The number of methoxy groups -OCH3 is 1. The van der Waals surface area contributed by atoms with Gasteiger partial charge in [0.15, 0.2) is 0 Å². The van der Waals surface area contributed by atoms with Crippen molar-refractivity contribution >= 4 is 27.5 Å². The number of nitrogens with one attached hydrogen (secondary N) is 1. The summed E-state index contributed by atoms with van der Waals surface area (Å²) in [7, 11) is 1.66. The van der Waals surface area contributed by atoms with Gasteiger partial charge in [0.2, 0.25) is 5.91 Å². The van der Waals surface area contributed by atoms with Crippen LogP contribution in [0.5, 0.6) is 5.75 Å². The first-order chi connectivity index (χ1) is 16.5. The van der Waals surface area contributed by atoms with E-state index in [1.165, 1.54) is 16.9 Å². The highest BCUT2D eigenvalue weighted by atomic mass is 32.1. The average molecular weight is 483 g/mol. The van der Waals surface area contributed by atoms with E-state index in [0.717, 1.165) is 53.9 Å². The molecule has 0 fully saturated rings. The number of carbonyl (C=O) groups excluding carboxylic acids is 1. The smallest absolute Gasteiger partial charge is 0.262 e. The molecule has 2 aromatic heterocycles. The Bertz CT molecular complexity index is 1200. The second kappa shape index (κ2) is 11.1. The molecule has 3 aromatic rings. The molecular formula is C26H34N4O3S. The minimum Gasteiger partial charge on any atom is -0.497 e. The normalized spacial score (nSPS) is 14.2. The quantitative estimate of drug-likeness (QED) is 0.474. The number of thiophene rings is 1. The zero-order valence-corrected chi connectivity index (χ0v) is 21.1. The molecule has 0 spiro atoms. The molecule has 1 aliphatic rings. The fraction of sp³-hybridized carbons (Fsp3) is 0.500. The van der Waals surface area contributed by atoms with E-state index in [2.05, 4.69) is 35.1 Å². The number of rotatable bonds is 10. The Morgan fingerprint density at radius 3 is 2.82 bits per heavy atom. The molecule has 1 N–H and O–H groups in total. The Labute approximate surface area is 204 Å². The number of aryl methyl sites for hydroxylation is 3. The number of benzene rings is 1. The van der Waals surface area contributed by atoms with Crippen LogP contribution in [-0.2, 0) is 24.2 Å². The summed E-state index contributed by atoms with van der Waals surface area (Å²) in [5.41, 5.74) is 2.27. The first kappa shape index (κ1) is 24.4. The van der Waals surface area contributed by atoms with Gasteiger partial charge in [-0.1, -0.05) is 26.0 Å². The van der Waals surface area contributed by atoms with Gasteiger partial charge in [-0.15, -0.1) is 11.3 Å². The highest BCUT2D eigenvalue weighted by Gasteiger charge is 2.21. The zero-order chi connectivity index (χ0) is 24.1. The van der Waals surface area contributed by atoms with E-state index >= 15 is 0 Å². The third-order valence-corrected chi connectivity index (χ3v) is 7.95. The molecule has 4 rings (SSSR count). The topological polar surface area (TPSA) is 76.5 Å². The van der Waals surface area contributed by atoms with Crippen LogP contribution in [0.3, 0.4) is 0 Å². The van der Waals surface area contributed by atoms with Crippen molar-refractivity contribution in [2.45, 2.75) is 58.5 Å². The Balaban J connectivity index is 1.43. The minimum atomic E-state index is -0.0700. The summed E-state index contributed by atoms with van der Waals surface area (Å²) in [6.45, 7) is 6.82. The molecular weight excluding hydrogens is 448 g/mol. The molecule has 0 bridgehead atoms. The Morgan fingerprint density at radius 2 is 2.06 bits per heavy atom. The number of aromatic nitrogens is 2. The van der Waals surface area contributed by atoms with Crippen LogP contribution >= 0.6 is 11.3 Å². The van der Waals surface area contributed by atoms with Crippen molar-refractivity contribution in [3.05, 3.63) is 57.0 Å². The highest BCUT2D eigenvalue weighted by molar-refractivity contribution is 7.18. The first-order valence-corrected chi connectivity index (χ1v) is 13.0. The lowest BCUT2D eigenvalue weighted by Crippen LogP contribution is -2.38. The summed E-state index contributed by atoms with van der Waals surface area (Å²) in [5.74, 6) is 0.735. The second-order valence-electron chi connectivity index (χ2n) is 8.70. The number of amides is 1. The summed E-state index contributed by atoms with van der Waals surface area (Å²) in [5, 5.41) is 3.85. The molecule has 1 amide bonds. The number of nitrogens with zero attached hydrogens (tertiary/aromatic N) is 3. The van der Waals surface area contributed by atoms with Gasteiger partial charge in [-0.05, 0) is 62.0 Å². The molecule has 1 aromatic carbocycles. The summed E-state index contributed by atoms with van der Waals surface area (Å²) in [6.07, 6.45) is 6.12. The zero-order valence-electron chi connectivity index (χ0n) is 20.3. The fourth-order valence-corrected chi connectivity index (χ4v) is 6.05. The largest absolute Gasteiger partial charge is 0.497 e. The van der Waals surface area contributed by atoms with Crippen LogP contribution in [0.15, 0.2) is 35.4 Å². The van der Waals surface area contributed by atoms with Crippen molar-refractivity contribution < 1.29 is 9.53 Å². The lowest BCUT2D eigenvalue weighted by atomic mass is 9.97. The van der Waals surface area contributed by atoms with Gasteiger partial charge in [0.25, 0.3) is 5.56 Å². The minimum absolute atomic E-state index is 0.0189. The molecule has 1 atom stereocenters. The Hall–Kier alpha value is -2.71.